The van der Waals surface area contributed by atoms with Crippen molar-refractivity contribution in [1.29, 1.82) is 0 Å². The lowest BCUT2D eigenvalue weighted by Crippen LogP contribution is -2.53. The van der Waals surface area contributed by atoms with Crippen molar-refractivity contribution >= 4 is 15.9 Å². The smallest absolute Gasteiger partial charge is 0.244 e. The zero-order valence-corrected chi connectivity index (χ0v) is 16.0. The molecule has 1 N–H and O–H groups in total. The van der Waals surface area contributed by atoms with Gasteiger partial charge in [-0.1, -0.05) is 55.3 Å². The SMILES string of the molecule is O=C(NC1CCCC1)C1Cc2ccccc2CN1S(=O)(=O)c1ccccc1. The molecule has 5 nitrogen and oxygen atoms in total. The summed E-state index contributed by atoms with van der Waals surface area (Å²) in [4.78, 5) is 13.3. The van der Waals surface area contributed by atoms with E-state index in [9.17, 15) is 13.2 Å². The molecule has 4 rings (SSSR count). The largest absolute Gasteiger partial charge is 0.352 e. The van der Waals surface area contributed by atoms with Crippen LogP contribution in [0.3, 0.4) is 0 Å². The molecular formula is C21H24N2O3S. The summed E-state index contributed by atoms with van der Waals surface area (Å²) in [5, 5.41) is 3.09. The highest BCUT2D eigenvalue weighted by Crippen LogP contribution is 2.29. The van der Waals surface area contributed by atoms with Crippen LogP contribution < -0.4 is 5.32 Å². The van der Waals surface area contributed by atoms with E-state index in [0.29, 0.717) is 6.42 Å². The lowest BCUT2D eigenvalue weighted by Gasteiger charge is -2.35. The highest BCUT2D eigenvalue weighted by atomic mass is 32.2. The van der Waals surface area contributed by atoms with Gasteiger partial charge in [0.25, 0.3) is 0 Å². The van der Waals surface area contributed by atoms with Crippen LogP contribution >= 0.6 is 0 Å². The van der Waals surface area contributed by atoms with Gasteiger partial charge in [-0.25, -0.2) is 8.42 Å². The molecular weight excluding hydrogens is 360 g/mol. The highest BCUT2D eigenvalue weighted by Gasteiger charge is 2.40. The van der Waals surface area contributed by atoms with E-state index in [-0.39, 0.29) is 23.4 Å². The number of fused-ring (bicyclic) bond motifs is 1. The molecule has 0 spiro atoms. The quantitative estimate of drug-likeness (QED) is 0.881. The number of amides is 1. The van der Waals surface area contributed by atoms with Gasteiger partial charge < -0.3 is 5.32 Å². The predicted molar refractivity (Wildman–Crippen MR) is 104 cm³/mol. The van der Waals surface area contributed by atoms with Crippen molar-refractivity contribution in [3.63, 3.8) is 0 Å². The number of hydrogen-bond donors (Lipinski definition) is 1. The molecule has 1 unspecified atom stereocenters. The number of rotatable bonds is 4. The van der Waals surface area contributed by atoms with Gasteiger partial charge in [0.15, 0.2) is 0 Å². The van der Waals surface area contributed by atoms with Gasteiger partial charge in [-0.15, -0.1) is 0 Å². The third-order valence-corrected chi connectivity index (χ3v) is 7.43. The first-order valence-corrected chi connectivity index (χ1v) is 10.9. The van der Waals surface area contributed by atoms with Crippen molar-refractivity contribution in [3.05, 3.63) is 65.7 Å². The normalized spacial score (nSPS) is 21.0. The van der Waals surface area contributed by atoms with Crippen molar-refractivity contribution in [2.45, 2.75) is 55.6 Å². The summed E-state index contributed by atoms with van der Waals surface area (Å²) in [5.41, 5.74) is 2.01. The van der Waals surface area contributed by atoms with E-state index in [2.05, 4.69) is 5.32 Å². The van der Waals surface area contributed by atoms with E-state index in [1.165, 1.54) is 4.31 Å². The molecule has 1 atom stereocenters. The van der Waals surface area contributed by atoms with Crippen LogP contribution in [0.1, 0.15) is 36.8 Å². The molecule has 0 radical (unpaired) electrons. The molecule has 0 aromatic heterocycles. The fourth-order valence-corrected chi connectivity index (χ4v) is 5.66. The third-order valence-electron chi connectivity index (χ3n) is 5.56. The molecule has 27 heavy (non-hydrogen) atoms. The summed E-state index contributed by atoms with van der Waals surface area (Å²) in [6.07, 6.45) is 4.58. The van der Waals surface area contributed by atoms with Gasteiger partial charge in [0.2, 0.25) is 15.9 Å². The Balaban J connectivity index is 1.68. The monoisotopic (exact) mass is 384 g/mol. The lowest BCUT2D eigenvalue weighted by molar-refractivity contribution is -0.125. The minimum absolute atomic E-state index is 0.163. The van der Waals surface area contributed by atoms with Crippen LogP contribution in [0.5, 0.6) is 0 Å². The van der Waals surface area contributed by atoms with Gasteiger partial charge >= 0.3 is 0 Å². The standard InChI is InChI=1S/C21H24N2O3S/c24-21(22-18-10-6-7-11-18)20-14-16-8-4-5-9-17(16)15-23(20)27(25,26)19-12-2-1-3-13-19/h1-5,8-9,12-13,18,20H,6-7,10-11,14-15H2,(H,22,24). The zero-order chi connectivity index (χ0) is 18.9. The molecule has 6 heteroatoms. The Hall–Kier alpha value is -2.18. The van der Waals surface area contributed by atoms with Crippen molar-refractivity contribution in [2.24, 2.45) is 0 Å². The molecule has 1 aliphatic heterocycles. The van der Waals surface area contributed by atoms with Crippen LogP contribution in [-0.4, -0.2) is 30.7 Å². The number of benzene rings is 2. The van der Waals surface area contributed by atoms with Crippen LogP contribution in [0.2, 0.25) is 0 Å². The fourth-order valence-electron chi connectivity index (χ4n) is 4.07. The Morgan fingerprint density at radius 2 is 1.56 bits per heavy atom. The second-order valence-electron chi connectivity index (χ2n) is 7.34. The lowest BCUT2D eigenvalue weighted by atomic mass is 9.95. The Kier molecular flexibility index (Phi) is 5.02. The fraction of sp³-hybridized carbons (Fsp3) is 0.381. The minimum Gasteiger partial charge on any atom is -0.352 e. The van der Waals surface area contributed by atoms with E-state index < -0.39 is 16.1 Å². The van der Waals surface area contributed by atoms with Crippen molar-refractivity contribution in [3.8, 4) is 0 Å². The van der Waals surface area contributed by atoms with E-state index in [0.717, 1.165) is 36.8 Å². The average Bonchev–Trinajstić information content (AvgIpc) is 3.20. The van der Waals surface area contributed by atoms with Crippen molar-refractivity contribution in [2.75, 3.05) is 0 Å². The van der Waals surface area contributed by atoms with Gasteiger partial charge in [0.1, 0.15) is 6.04 Å². The van der Waals surface area contributed by atoms with E-state index in [1.807, 2.05) is 24.3 Å². The number of carbonyl (C=O) groups is 1. The highest BCUT2D eigenvalue weighted by molar-refractivity contribution is 7.89. The van der Waals surface area contributed by atoms with Gasteiger partial charge in [0, 0.05) is 12.6 Å². The molecule has 0 saturated heterocycles. The number of hydrogen-bond acceptors (Lipinski definition) is 3. The Bertz CT molecular complexity index is 921. The number of nitrogens with one attached hydrogen (secondary N) is 1. The van der Waals surface area contributed by atoms with E-state index >= 15 is 0 Å². The average molecular weight is 385 g/mol. The van der Waals surface area contributed by atoms with Crippen molar-refractivity contribution in [1.82, 2.24) is 9.62 Å². The van der Waals surface area contributed by atoms with Gasteiger partial charge in [-0.3, -0.25) is 4.79 Å². The van der Waals surface area contributed by atoms with Crippen molar-refractivity contribution < 1.29 is 13.2 Å². The van der Waals surface area contributed by atoms with Crippen LogP contribution in [0.15, 0.2) is 59.5 Å². The number of carbonyl (C=O) groups excluding carboxylic acids is 1. The second-order valence-corrected chi connectivity index (χ2v) is 9.23. The summed E-state index contributed by atoms with van der Waals surface area (Å²) < 4.78 is 28.0. The topological polar surface area (TPSA) is 66.5 Å². The Labute approximate surface area is 160 Å². The first-order valence-electron chi connectivity index (χ1n) is 9.50. The number of sulfonamides is 1. The maximum absolute atomic E-state index is 13.3. The van der Waals surface area contributed by atoms with Gasteiger partial charge in [-0.2, -0.15) is 4.31 Å². The van der Waals surface area contributed by atoms with Gasteiger partial charge in [0.05, 0.1) is 4.90 Å². The van der Waals surface area contributed by atoms with Crippen LogP contribution in [0, 0.1) is 0 Å². The first kappa shape index (κ1) is 18.2. The molecule has 1 heterocycles. The van der Waals surface area contributed by atoms with Crippen LogP contribution in [-0.2, 0) is 27.8 Å². The molecule has 1 aliphatic carbocycles. The predicted octanol–water partition coefficient (Wildman–Crippen LogP) is 2.86. The van der Waals surface area contributed by atoms with Gasteiger partial charge in [-0.05, 0) is 42.5 Å². The summed E-state index contributed by atoms with van der Waals surface area (Å²) in [5.74, 6) is -0.184. The first-order chi connectivity index (χ1) is 13.1. The molecule has 2 aromatic rings. The Morgan fingerprint density at radius 1 is 0.926 bits per heavy atom. The third kappa shape index (κ3) is 3.64. The second kappa shape index (κ2) is 7.44. The molecule has 1 amide bonds. The Morgan fingerprint density at radius 3 is 2.26 bits per heavy atom. The van der Waals surface area contributed by atoms with Crippen LogP contribution in [0.25, 0.3) is 0 Å². The summed E-state index contributed by atoms with van der Waals surface area (Å²) in [7, 11) is -3.76. The molecule has 142 valence electrons. The molecule has 2 aliphatic rings. The number of nitrogens with zero attached hydrogens (tertiary/aromatic N) is 1. The molecule has 2 aromatic carbocycles. The maximum Gasteiger partial charge on any atom is 0.244 e. The van der Waals surface area contributed by atoms with E-state index in [4.69, 9.17) is 0 Å². The van der Waals surface area contributed by atoms with E-state index in [1.54, 1.807) is 30.3 Å². The molecule has 1 saturated carbocycles. The summed E-state index contributed by atoms with van der Waals surface area (Å²) in [6.45, 7) is 0.218. The summed E-state index contributed by atoms with van der Waals surface area (Å²) in [6, 6.07) is 15.6. The molecule has 0 bridgehead atoms. The summed E-state index contributed by atoms with van der Waals surface area (Å²) >= 11 is 0. The van der Waals surface area contributed by atoms with Crippen LogP contribution in [0.4, 0.5) is 0 Å². The molecule has 1 fully saturated rings. The zero-order valence-electron chi connectivity index (χ0n) is 15.2. The minimum atomic E-state index is -3.76. The maximum atomic E-state index is 13.3.